The third kappa shape index (κ3) is 4.71. The van der Waals surface area contributed by atoms with Gasteiger partial charge in [0.2, 0.25) is 0 Å². The number of nitrogens with zero attached hydrogens (tertiary/aromatic N) is 3. The molecule has 29 heavy (non-hydrogen) atoms. The van der Waals surface area contributed by atoms with E-state index in [9.17, 15) is 4.79 Å². The van der Waals surface area contributed by atoms with Gasteiger partial charge in [0.25, 0.3) is 5.56 Å². The Labute approximate surface area is 169 Å². The molecule has 1 atom stereocenters. The van der Waals surface area contributed by atoms with E-state index in [1.165, 1.54) is 5.56 Å². The Balaban J connectivity index is 1.46. The number of rotatable bonds is 6. The number of terminal acetylenes is 1. The Morgan fingerprint density at radius 2 is 2.10 bits per heavy atom. The van der Waals surface area contributed by atoms with Crippen molar-refractivity contribution in [2.75, 3.05) is 19.7 Å². The summed E-state index contributed by atoms with van der Waals surface area (Å²) in [5.41, 5.74) is 2.75. The number of ether oxygens (including phenoxy) is 1. The minimum absolute atomic E-state index is 0.126. The van der Waals surface area contributed by atoms with Crippen molar-refractivity contribution in [2.24, 2.45) is 0 Å². The topological polar surface area (TPSA) is 71.1 Å². The molecule has 0 unspecified atom stereocenters. The third-order valence-corrected chi connectivity index (χ3v) is 5.03. The van der Waals surface area contributed by atoms with Crippen LogP contribution in [0.4, 0.5) is 0 Å². The molecule has 0 spiro atoms. The number of aromatic nitrogens is 3. The van der Waals surface area contributed by atoms with E-state index in [-0.39, 0.29) is 18.1 Å². The van der Waals surface area contributed by atoms with Gasteiger partial charge in [-0.3, -0.25) is 14.7 Å². The molecule has 4 rings (SSSR count). The minimum Gasteiger partial charge on any atom is -0.481 e. The smallest absolute Gasteiger partial charge is 0.251 e. The molecular weight excluding hydrogens is 364 g/mol. The average molecular weight is 386 g/mol. The number of pyridine rings is 1. The Morgan fingerprint density at radius 3 is 2.93 bits per heavy atom. The van der Waals surface area contributed by atoms with Crippen molar-refractivity contribution in [3.8, 4) is 29.5 Å². The van der Waals surface area contributed by atoms with Gasteiger partial charge in [0.1, 0.15) is 18.2 Å². The number of H-pyrrole nitrogens is 1. The van der Waals surface area contributed by atoms with Gasteiger partial charge in [0, 0.05) is 43.0 Å². The molecule has 6 heteroatoms. The first-order valence-electron chi connectivity index (χ1n) is 9.60. The van der Waals surface area contributed by atoms with Crippen molar-refractivity contribution in [1.82, 2.24) is 19.9 Å². The number of likely N-dealkylation sites (tertiary alicyclic amines) is 1. The molecule has 1 fully saturated rings. The molecule has 2 aromatic heterocycles. The first-order chi connectivity index (χ1) is 14.2. The highest BCUT2D eigenvalue weighted by Gasteiger charge is 2.25. The van der Waals surface area contributed by atoms with Crippen LogP contribution in [0.15, 0.2) is 59.7 Å². The number of hydrogen-bond donors (Lipinski definition) is 1. The Kier molecular flexibility index (Phi) is 5.68. The lowest BCUT2D eigenvalue weighted by atomic mass is 10.0. The molecule has 3 heterocycles. The minimum atomic E-state index is -0.126. The predicted molar refractivity (Wildman–Crippen MR) is 111 cm³/mol. The zero-order valence-electron chi connectivity index (χ0n) is 16.0. The maximum absolute atomic E-state index is 12.2. The number of nitrogens with one attached hydrogen (secondary N) is 1. The Hall–Kier alpha value is -3.43. The van der Waals surface area contributed by atoms with Crippen molar-refractivity contribution >= 4 is 0 Å². The molecule has 0 saturated carbocycles. The van der Waals surface area contributed by atoms with Crippen LogP contribution in [0.3, 0.4) is 0 Å². The number of hydrogen-bond acceptors (Lipinski definition) is 5. The van der Waals surface area contributed by atoms with Crippen LogP contribution in [0.2, 0.25) is 0 Å². The molecule has 146 valence electrons. The van der Waals surface area contributed by atoms with Crippen LogP contribution >= 0.6 is 0 Å². The summed E-state index contributed by atoms with van der Waals surface area (Å²) < 4.78 is 5.51. The Morgan fingerprint density at radius 1 is 1.24 bits per heavy atom. The summed E-state index contributed by atoms with van der Waals surface area (Å²) >= 11 is 0. The van der Waals surface area contributed by atoms with E-state index in [1.54, 1.807) is 18.5 Å². The second-order valence-electron chi connectivity index (χ2n) is 7.12. The highest BCUT2D eigenvalue weighted by atomic mass is 16.5. The summed E-state index contributed by atoms with van der Waals surface area (Å²) in [7, 11) is 0. The first-order valence-corrected chi connectivity index (χ1v) is 9.60. The lowest BCUT2D eigenvalue weighted by Gasteiger charge is -2.17. The fraction of sp³-hybridized carbons (Fsp3) is 0.261. The van der Waals surface area contributed by atoms with Crippen LogP contribution in [0, 0.1) is 12.3 Å². The van der Waals surface area contributed by atoms with Crippen LogP contribution in [-0.2, 0) is 6.54 Å². The number of aromatic amines is 1. The summed E-state index contributed by atoms with van der Waals surface area (Å²) in [4.78, 5) is 26.1. The van der Waals surface area contributed by atoms with Crippen LogP contribution < -0.4 is 10.3 Å². The van der Waals surface area contributed by atoms with Crippen LogP contribution in [0.1, 0.15) is 23.6 Å². The number of benzene rings is 1. The zero-order valence-corrected chi connectivity index (χ0v) is 16.0. The van der Waals surface area contributed by atoms with Gasteiger partial charge in [-0.2, -0.15) is 0 Å². The molecule has 1 N–H and O–H groups in total. The summed E-state index contributed by atoms with van der Waals surface area (Å²) in [6.45, 7) is 2.91. The van der Waals surface area contributed by atoms with Gasteiger partial charge < -0.3 is 9.72 Å². The quantitative estimate of drug-likeness (QED) is 0.660. The molecule has 0 amide bonds. The van der Waals surface area contributed by atoms with E-state index < -0.39 is 0 Å². The fourth-order valence-electron chi connectivity index (χ4n) is 3.67. The van der Waals surface area contributed by atoms with Crippen LogP contribution in [0.25, 0.3) is 11.4 Å². The molecule has 1 aliphatic heterocycles. The summed E-state index contributed by atoms with van der Waals surface area (Å²) in [6.07, 6.45) is 9.62. The van der Waals surface area contributed by atoms with E-state index in [0.29, 0.717) is 5.82 Å². The Bertz CT molecular complexity index is 1070. The standard InChI is InChI=1S/C23H22N4O2/c1-2-12-29-20-5-3-4-17(13-20)15-27-11-8-19(16-27)21-14-22(28)26-23(25-21)18-6-9-24-10-7-18/h1,3-7,9-10,13-14,19H,8,11-12,15-16H2,(H,25,26,28)/t19-/m0/s1. The highest BCUT2D eigenvalue weighted by Crippen LogP contribution is 2.28. The summed E-state index contributed by atoms with van der Waals surface area (Å²) in [5.74, 6) is 4.09. The van der Waals surface area contributed by atoms with Crippen molar-refractivity contribution in [2.45, 2.75) is 18.9 Å². The van der Waals surface area contributed by atoms with Gasteiger partial charge in [0.15, 0.2) is 0 Å². The lowest BCUT2D eigenvalue weighted by molar-refractivity contribution is 0.324. The van der Waals surface area contributed by atoms with Gasteiger partial charge in [0.05, 0.1) is 5.69 Å². The molecule has 3 aromatic rings. The van der Waals surface area contributed by atoms with E-state index in [1.807, 2.05) is 30.3 Å². The van der Waals surface area contributed by atoms with Crippen molar-refractivity contribution < 1.29 is 4.74 Å². The SMILES string of the molecule is C#CCOc1cccc(CN2CC[C@H](c3cc(=O)[nH]c(-c4ccncc4)n3)C2)c1. The molecule has 1 aliphatic rings. The van der Waals surface area contributed by atoms with Gasteiger partial charge in [-0.1, -0.05) is 18.1 Å². The normalized spacial score (nSPS) is 16.4. The first kappa shape index (κ1) is 18.9. The second kappa shape index (κ2) is 8.72. The average Bonchev–Trinajstić information content (AvgIpc) is 3.21. The molecule has 0 radical (unpaired) electrons. The van der Waals surface area contributed by atoms with Gasteiger partial charge in [-0.05, 0) is 42.8 Å². The lowest BCUT2D eigenvalue weighted by Crippen LogP contribution is -2.20. The maximum Gasteiger partial charge on any atom is 0.251 e. The fourth-order valence-corrected chi connectivity index (χ4v) is 3.67. The van der Waals surface area contributed by atoms with Gasteiger partial charge >= 0.3 is 0 Å². The third-order valence-electron chi connectivity index (χ3n) is 5.03. The van der Waals surface area contributed by atoms with E-state index in [4.69, 9.17) is 16.1 Å². The van der Waals surface area contributed by atoms with E-state index in [2.05, 4.69) is 26.9 Å². The van der Waals surface area contributed by atoms with Gasteiger partial charge in [-0.25, -0.2) is 4.98 Å². The molecule has 1 aromatic carbocycles. The second-order valence-corrected chi connectivity index (χ2v) is 7.12. The predicted octanol–water partition coefficient (Wildman–Crippen LogP) is 2.83. The maximum atomic E-state index is 12.2. The van der Waals surface area contributed by atoms with Crippen molar-refractivity contribution in [3.05, 3.63) is 76.5 Å². The zero-order chi connectivity index (χ0) is 20.1. The van der Waals surface area contributed by atoms with Crippen LogP contribution in [-0.4, -0.2) is 39.5 Å². The summed E-state index contributed by atoms with van der Waals surface area (Å²) in [6, 6.07) is 13.3. The largest absolute Gasteiger partial charge is 0.481 e. The van der Waals surface area contributed by atoms with Crippen molar-refractivity contribution in [1.29, 1.82) is 0 Å². The van der Waals surface area contributed by atoms with Gasteiger partial charge in [-0.15, -0.1) is 6.42 Å². The van der Waals surface area contributed by atoms with Crippen LogP contribution in [0.5, 0.6) is 5.75 Å². The molecule has 6 nitrogen and oxygen atoms in total. The highest BCUT2D eigenvalue weighted by molar-refractivity contribution is 5.53. The monoisotopic (exact) mass is 386 g/mol. The van der Waals surface area contributed by atoms with Crippen molar-refractivity contribution in [3.63, 3.8) is 0 Å². The molecule has 1 saturated heterocycles. The van der Waals surface area contributed by atoms with E-state index in [0.717, 1.165) is 43.1 Å². The summed E-state index contributed by atoms with van der Waals surface area (Å²) in [5, 5.41) is 0. The molecule has 0 aliphatic carbocycles. The molecule has 0 bridgehead atoms. The molecular formula is C23H22N4O2. The van der Waals surface area contributed by atoms with E-state index >= 15 is 0 Å².